The monoisotopic (exact) mass is 441 g/mol. The summed E-state index contributed by atoms with van der Waals surface area (Å²) < 4.78 is 24.3. The molecule has 5 heteroatoms. The average Bonchev–Trinajstić information content (AvgIpc) is 2.88. The van der Waals surface area contributed by atoms with Gasteiger partial charge in [-0.25, -0.2) is 0 Å². The van der Waals surface area contributed by atoms with Crippen LogP contribution >= 0.6 is 0 Å². The summed E-state index contributed by atoms with van der Waals surface area (Å²) in [6, 6.07) is 32.0. The molecule has 0 radical (unpaired) electrons. The van der Waals surface area contributed by atoms with Crippen molar-refractivity contribution in [2.45, 2.75) is 38.1 Å². The lowest BCUT2D eigenvalue weighted by atomic mass is 9.99. The van der Waals surface area contributed by atoms with Gasteiger partial charge in [-0.1, -0.05) is 91.0 Å². The van der Waals surface area contributed by atoms with Crippen molar-refractivity contribution in [1.82, 2.24) is 0 Å². The van der Waals surface area contributed by atoms with Crippen molar-refractivity contribution < 1.29 is 18.9 Å². The van der Waals surface area contributed by atoms with Gasteiger partial charge in [-0.15, -0.1) is 0 Å². The molecule has 0 unspecified atom stereocenters. The minimum absolute atomic E-state index is 0.314. The maximum atomic E-state index is 9.71. The molecule has 3 aromatic carbocycles. The summed E-state index contributed by atoms with van der Waals surface area (Å²) in [5, 5.41) is 9.71. The lowest BCUT2D eigenvalue weighted by Crippen LogP contribution is -2.47. The summed E-state index contributed by atoms with van der Waals surface area (Å²) in [6.07, 6.45) is 0.0202. The lowest BCUT2D eigenvalue weighted by molar-refractivity contribution is -0.150. The van der Waals surface area contributed by atoms with Crippen molar-refractivity contribution in [3.63, 3.8) is 0 Å². The Morgan fingerprint density at radius 2 is 1.21 bits per heavy atom. The number of nitrogens with zero attached hydrogens (tertiary/aromatic N) is 1. The summed E-state index contributed by atoms with van der Waals surface area (Å²) in [6.45, 7) is 1.53. The lowest BCUT2D eigenvalue weighted by Gasteiger charge is -2.36. The zero-order valence-electron chi connectivity index (χ0n) is 18.4. The van der Waals surface area contributed by atoms with Crippen LogP contribution in [0.2, 0.25) is 0 Å². The number of ether oxygens (including phenoxy) is 4. The molecule has 5 nitrogen and oxygen atoms in total. The second-order valence-corrected chi connectivity index (χ2v) is 7.84. The van der Waals surface area contributed by atoms with Gasteiger partial charge in [0.1, 0.15) is 24.5 Å². The molecule has 0 fully saturated rings. The van der Waals surface area contributed by atoms with Gasteiger partial charge >= 0.3 is 0 Å². The SMILES string of the molecule is N#CC1=CO[C@H](COCc2ccccc2)[C@@H](OCc2ccccc2)[C@@H]1OCc1ccccc1. The molecule has 0 aromatic heterocycles. The minimum atomic E-state index is -0.557. The highest BCUT2D eigenvalue weighted by Gasteiger charge is 2.39. The summed E-state index contributed by atoms with van der Waals surface area (Å²) in [5.41, 5.74) is 3.56. The van der Waals surface area contributed by atoms with Gasteiger partial charge in [0, 0.05) is 0 Å². The number of hydrogen-bond acceptors (Lipinski definition) is 5. The van der Waals surface area contributed by atoms with E-state index in [2.05, 4.69) is 6.07 Å². The summed E-state index contributed by atoms with van der Waals surface area (Å²) in [4.78, 5) is 0. The molecule has 0 spiro atoms. The molecule has 0 N–H and O–H groups in total. The van der Waals surface area contributed by atoms with Crippen molar-refractivity contribution in [3.05, 3.63) is 120 Å². The van der Waals surface area contributed by atoms with Crippen LogP contribution in [0.4, 0.5) is 0 Å². The number of rotatable bonds is 10. The molecule has 3 aromatic rings. The van der Waals surface area contributed by atoms with E-state index in [-0.39, 0.29) is 0 Å². The summed E-state index contributed by atoms with van der Waals surface area (Å²) in [5.74, 6) is 0. The minimum Gasteiger partial charge on any atom is -0.492 e. The number of nitriles is 1. The van der Waals surface area contributed by atoms with E-state index < -0.39 is 18.3 Å². The van der Waals surface area contributed by atoms with E-state index in [1.807, 2.05) is 91.0 Å². The average molecular weight is 442 g/mol. The Hall–Kier alpha value is -3.43. The van der Waals surface area contributed by atoms with E-state index in [1.165, 1.54) is 6.26 Å². The van der Waals surface area contributed by atoms with Crippen LogP contribution < -0.4 is 0 Å². The molecule has 0 bridgehead atoms. The van der Waals surface area contributed by atoms with Gasteiger partial charge in [-0.2, -0.15) is 5.26 Å². The molecule has 0 aliphatic carbocycles. The van der Waals surface area contributed by atoms with Crippen LogP contribution in [0.25, 0.3) is 0 Å². The second-order valence-electron chi connectivity index (χ2n) is 7.84. The molecule has 1 aliphatic heterocycles. The van der Waals surface area contributed by atoms with Crippen LogP contribution in [0.3, 0.4) is 0 Å². The van der Waals surface area contributed by atoms with Gasteiger partial charge in [0.15, 0.2) is 6.10 Å². The predicted molar refractivity (Wildman–Crippen MR) is 125 cm³/mol. The first kappa shape index (κ1) is 22.8. The predicted octanol–water partition coefficient (Wildman–Crippen LogP) is 5.18. The van der Waals surface area contributed by atoms with Crippen LogP contribution in [0.5, 0.6) is 0 Å². The maximum absolute atomic E-state index is 9.71. The van der Waals surface area contributed by atoms with E-state index in [0.717, 1.165) is 16.7 Å². The van der Waals surface area contributed by atoms with E-state index in [4.69, 9.17) is 18.9 Å². The van der Waals surface area contributed by atoms with E-state index in [0.29, 0.717) is 32.0 Å². The van der Waals surface area contributed by atoms with Gasteiger partial charge in [0.2, 0.25) is 0 Å². The fourth-order valence-corrected chi connectivity index (χ4v) is 3.67. The third-order valence-corrected chi connectivity index (χ3v) is 5.42. The highest BCUT2D eigenvalue weighted by molar-refractivity contribution is 5.28. The van der Waals surface area contributed by atoms with Crippen molar-refractivity contribution in [3.8, 4) is 6.07 Å². The van der Waals surface area contributed by atoms with Gasteiger partial charge in [0.05, 0.1) is 32.0 Å². The molecular weight excluding hydrogens is 414 g/mol. The van der Waals surface area contributed by atoms with Crippen molar-refractivity contribution in [2.75, 3.05) is 6.61 Å². The van der Waals surface area contributed by atoms with Crippen LogP contribution in [-0.4, -0.2) is 24.9 Å². The molecule has 33 heavy (non-hydrogen) atoms. The van der Waals surface area contributed by atoms with Gasteiger partial charge in [-0.3, -0.25) is 0 Å². The first-order valence-corrected chi connectivity index (χ1v) is 11.0. The molecule has 3 atom stereocenters. The molecule has 0 saturated heterocycles. The molecular formula is C28H27NO4. The van der Waals surface area contributed by atoms with Gasteiger partial charge in [-0.05, 0) is 16.7 Å². The van der Waals surface area contributed by atoms with E-state index in [1.54, 1.807) is 0 Å². The van der Waals surface area contributed by atoms with Crippen LogP contribution in [-0.2, 0) is 38.8 Å². The Morgan fingerprint density at radius 3 is 1.76 bits per heavy atom. The number of hydrogen-bond donors (Lipinski definition) is 0. The van der Waals surface area contributed by atoms with Crippen molar-refractivity contribution in [2.24, 2.45) is 0 Å². The standard InChI is InChI=1S/C28H27NO4/c29-16-25-20-31-26(21-30-17-22-10-4-1-5-11-22)28(33-19-24-14-8-3-9-15-24)27(25)32-18-23-12-6-2-7-13-23/h1-15,20,26-28H,17-19,21H2/t26-,27-,28-/m1/s1. The normalized spacial score (nSPS) is 19.8. The second kappa shape index (κ2) is 12.0. The first-order valence-electron chi connectivity index (χ1n) is 11.0. The zero-order chi connectivity index (χ0) is 22.7. The van der Waals surface area contributed by atoms with Crippen molar-refractivity contribution >= 4 is 0 Å². The first-order chi connectivity index (χ1) is 16.3. The highest BCUT2D eigenvalue weighted by atomic mass is 16.6. The Morgan fingerprint density at radius 1 is 0.697 bits per heavy atom. The quantitative estimate of drug-likeness (QED) is 0.434. The Labute approximate surface area is 194 Å². The van der Waals surface area contributed by atoms with Gasteiger partial charge in [0.25, 0.3) is 0 Å². The fraction of sp³-hybridized carbons (Fsp3) is 0.250. The Balaban J connectivity index is 1.47. The molecule has 168 valence electrons. The van der Waals surface area contributed by atoms with E-state index >= 15 is 0 Å². The zero-order valence-corrected chi connectivity index (χ0v) is 18.4. The van der Waals surface area contributed by atoms with Crippen LogP contribution in [0, 0.1) is 11.3 Å². The topological polar surface area (TPSA) is 60.7 Å². The third-order valence-electron chi connectivity index (χ3n) is 5.42. The smallest absolute Gasteiger partial charge is 0.150 e. The molecule has 0 saturated carbocycles. The number of benzene rings is 3. The fourth-order valence-electron chi connectivity index (χ4n) is 3.67. The van der Waals surface area contributed by atoms with Crippen molar-refractivity contribution in [1.29, 1.82) is 5.26 Å². The molecule has 1 aliphatic rings. The van der Waals surface area contributed by atoms with Crippen LogP contribution in [0.15, 0.2) is 103 Å². The maximum Gasteiger partial charge on any atom is 0.150 e. The molecule has 4 rings (SSSR count). The molecule has 1 heterocycles. The highest BCUT2D eigenvalue weighted by Crippen LogP contribution is 2.27. The summed E-state index contributed by atoms with van der Waals surface area (Å²) in [7, 11) is 0. The Kier molecular flexibility index (Phi) is 8.26. The van der Waals surface area contributed by atoms with E-state index in [9.17, 15) is 5.26 Å². The molecule has 0 amide bonds. The van der Waals surface area contributed by atoms with Gasteiger partial charge < -0.3 is 18.9 Å². The largest absolute Gasteiger partial charge is 0.492 e. The van der Waals surface area contributed by atoms with Crippen LogP contribution in [0.1, 0.15) is 16.7 Å². The summed E-state index contributed by atoms with van der Waals surface area (Å²) >= 11 is 0. The Bertz CT molecular complexity index is 1050. The third kappa shape index (κ3) is 6.53.